The molecule has 1 aromatic carbocycles. The molecule has 0 fully saturated rings. The average molecular weight is 302 g/mol. The monoisotopic (exact) mass is 302 g/mol. The summed E-state index contributed by atoms with van der Waals surface area (Å²) < 4.78 is 60.8. The highest BCUT2D eigenvalue weighted by atomic mass is 19.4. The molecule has 1 aromatic heterocycles. The molecule has 0 N–H and O–H groups in total. The third kappa shape index (κ3) is 3.24. The van der Waals surface area contributed by atoms with Crippen molar-refractivity contribution in [1.82, 2.24) is 0 Å². The van der Waals surface area contributed by atoms with Gasteiger partial charge < -0.3 is 9.15 Å². The molecule has 0 bridgehead atoms. The normalized spacial score (nSPS) is 11.5. The fourth-order valence-corrected chi connectivity index (χ4v) is 1.72. The fraction of sp³-hybridized carbons (Fsp3) is 0.214. The molecule has 3 nitrogen and oxygen atoms in total. The number of carbonyl (C=O) groups is 1. The van der Waals surface area contributed by atoms with Crippen LogP contribution in [0.15, 0.2) is 34.7 Å². The van der Waals surface area contributed by atoms with Gasteiger partial charge in [-0.15, -0.1) is 0 Å². The van der Waals surface area contributed by atoms with Crippen LogP contribution in [0.1, 0.15) is 23.0 Å². The SMILES string of the molecule is CCOC(=O)c1cc(-c2ccc(F)cc2)oc1C(F)(F)F. The van der Waals surface area contributed by atoms with E-state index in [0.717, 1.165) is 18.2 Å². The van der Waals surface area contributed by atoms with E-state index in [1.165, 1.54) is 19.1 Å². The summed E-state index contributed by atoms with van der Waals surface area (Å²) in [6.45, 7) is 1.42. The Hall–Kier alpha value is -2.31. The summed E-state index contributed by atoms with van der Waals surface area (Å²) in [4.78, 5) is 11.6. The Balaban J connectivity index is 2.50. The summed E-state index contributed by atoms with van der Waals surface area (Å²) in [5.41, 5.74) is -0.485. The second-order valence-corrected chi connectivity index (χ2v) is 4.08. The third-order valence-electron chi connectivity index (χ3n) is 2.61. The highest BCUT2D eigenvalue weighted by Crippen LogP contribution is 2.37. The minimum absolute atomic E-state index is 0.0623. The molecule has 0 unspecified atom stereocenters. The highest BCUT2D eigenvalue weighted by Gasteiger charge is 2.41. The predicted molar refractivity (Wildman–Crippen MR) is 65.1 cm³/mol. The maximum Gasteiger partial charge on any atom is 0.450 e. The zero-order chi connectivity index (χ0) is 15.6. The zero-order valence-corrected chi connectivity index (χ0v) is 10.8. The minimum atomic E-state index is -4.83. The van der Waals surface area contributed by atoms with Crippen LogP contribution >= 0.6 is 0 Å². The van der Waals surface area contributed by atoms with Crippen LogP contribution in [0.2, 0.25) is 0 Å². The summed E-state index contributed by atoms with van der Waals surface area (Å²) in [5, 5.41) is 0. The Morgan fingerprint density at radius 2 is 1.86 bits per heavy atom. The smallest absolute Gasteiger partial charge is 0.450 e. The maximum absolute atomic E-state index is 12.9. The van der Waals surface area contributed by atoms with Crippen molar-refractivity contribution >= 4 is 5.97 Å². The van der Waals surface area contributed by atoms with Crippen LogP contribution in [0.3, 0.4) is 0 Å². The predicted octanol–water partition coefficient (Wildman–Crippen LogP) is 4.28. The first-order valence-electron chi connectivity index (χ1n) is 5.97. The lowest BCUT2D eigenvalue weighted by Crippen LogP contribution is -2.12. The van der Waals surface area contributed by atoms with E-state index in [1.54, 1.807) is 0 Å². The molecule has 1 heterocycles. The number of rotatable bonds is 3. The lowest BCUT2D eigenvalue weighted by atomic mass is 10.1. The van der Waals surface area contributed by atoms with Gasteiger partial charge in [0.2, 0.25) is 5.76 Å². The van der Waals surface area contributed by atoms with E-state index in [2.05, 4.69) is 4.74 Å². The van der Waals surface area contributed by atoms with Crippen molar-refractivity contribution in [2.45, 2.75) is 13.1 Å². The van der Waals surface area contributed by atoms with Gasteiger partial charge in [-0.25, -0.2) is 9.18 Å². The number of esters is 1. The first kappa shape index (κ1) is 15.1. The molecule has 0 amide bonds. The Morgan fingerprint density at radius 1 is 1.24 bits per heavy atom. The van der Waals surface area contributed by atoms with Crippen LogP contribution in [0, 0.1) is 5.82 Å². The summed E-state index contributed by atoms with van der Waals surface area (Å²) in [7, 11) is 0. The van der Waals surface area contributed by atoms with Gasteiger partial charge in [0, 0.05) is 5.56 Å². The minimum Gasteiger partial charge on any atom is -0.462 e. The van der Waals surface area contributed by atoms with Crippen LogP contribution in [-0.2, 0) is 10.9 Å². The number of alkyl halides is 3. The first-order chi connectivity index (χ1) is 9.82. The van der Waals surface area contributed by atoms with Crippen molar-refractivity contribution in [3.8, 4) is 11.3 Å². The molecule has 21 heavy (non-hydrogen) atoms. The van der Waals surface area contributed by atoms with Crippen LogP contribution in [0.25, 0.3) is 11.3 Å². The van der Waals surface area contributed by atoms with E-state index >= 15 is 0 Å². The van der Waals surface area contributed by atoms with Gasteiger partial charge in [-0.1, -0.05) is 0 Å². The number of benzene rings is 1. The van der Waals surface area contributed by atoms with E-state index < -0.39 is 29.3 Å². The van der Waals surface area contributed by atoms with Crippen molar-refractivity contribution in [3.63, 3.8) is 0 Å². The van der Waals surface area contributed by atoms with Gasteiger partial charge in [0.05, 0.1) is 6.61 Å². The Labute approximate surface area is 117 Å². The molecule has 0 atom stereocenters. The number of ether oxygens (including phenoxy) is 1. The summed E-state index contributed by atoms with van der Waals surface area (Å²) in [6, 6.07) is 5.60. The summed E-state index contributed by atoms with van der Waals surface area (Å²) >= 11 is 0. The number of hydrogen-bond donors (Lipinski definition) is 0. The topological polar surface area (TPSA) is 39.4 Å². The van der Waals surface area contributed by atoms with E-state index in [1.807, 2.05) is 0 Å². The molecular weight excluding hydrogens is 292 g/mol. The van der Waals surface area contributed by atoms with Crippen LogP contribution < -0.4 is 0 Å². The van der Waals surface area contributed by atoms with E-state index in [0.29, 0.717) is 0 Å². The molecule has 7 heteroatoms. The molecule has 2 rings (SSSR count). The van der Waals surface area contributed by atoms with Gasteiger partial charge >= 0.3 is 12.1 Å². The largest absolute Gasteiger partial charge is 0.462 e. The lowest BCUT2D eigenvalue weighted by Gasteiger charge is -2.05. The molecule has 0 saturated heterocycles. The van der Waals surface area contributed by atoms with Gasteiger partial charge in [0.25, 0.3) is 0 Å². The van der Waals surface area contributed by atoms with Gasteiger partial charge in [-0.05, 0) is 37.3 Å². The van der Waals surface area contributed by atoms with Gasteiger partial charge in [0.1, 0.15) is 17.1 Å². The Morgan fingerprint density at radius 3 is 2.38 bits per heavy atom. The maximum atomic E-state index is 12.9. The zero-order valence-electron chi connectivity index (χ0n) is 10.8. The fourth-order valence-electron chi connectivity index (χ4n) is 1.72. The molecule has 0 aliphatic heterocycles. The Bertz CT molecular complexity index is 641. The molecule has 0 saturated carbocycles. The number of carbonyl (C=O) groups excluding carboxylic acids is 1. The van der Waals surface area contributed by atoms with Crippen molar-refractivity contribution in [2.75, 3.05) is 6.61 Å². The summed E-state index contributed by atoms with van der Waals surface area (Å²) in [5.74, 6) is -3.28. The molecule has 0 spiro atoms. The highest BCUT2D eigenvalue weighted by molar-refractivity contribution is 5.92. The standard InChI is InChI=1S/C14H10F4O3/c1-2-20-13(19)10-7-11(21-12(10)14(16,17)18)8-3-5-9(15)6-4-8/h3-7H,2H2,1H3. The number of furan rings is 1. The van der Waals surface area contributed by atoms with Gasteiger partial charge in [-0.3, -0.25) is 0 Å². The summed E-state index contributed by atoms with van der Waals surface area (Å²) in [6.07, 6.45) is -4.83. The lowest BCUT2D eigenvalue weighted by molar-refractivity contribution is -0.153. The molecular formula is C14H10F4O3. The van der Waals surface area contributed by atoms with E-state index in [9.17, 15) is 22.4 Å². The molecule has 0 aliphatic rings. The number of halogens is 4. The molecule has 0 aliphatic carbocycles. The van der Waals surface area contributed by atoms with Crippen molar-refractivity contribution < 1.29 is 31.5 Å². The van der Waals surface area contributed by atoms with Crippen LogP contribution in [-0.4, -0.2) is 12.6 Å². The number of hydrogen-bond acceptors (Lipinski definition) is 3. The Kier molecular flexibility index (Phi) is 4.02. The van der Waals surface area contributed by atoms with Crippen LogP contribution in [0.4, 0.5) is 17.6 Å². The second kappa shape index (κ2) is 5.59. The van der Waals surface area contributed by atoms with Crippen molar-refractivity contribution in [2.24, 2.45) is 0 Å². The third-order valence-corrected chi connectivity index (χ3v) is 2.61. The van der Waals surface area contributed by atoms with Crippen molar-refractivity contribution in [3.05, 3.63) is 47.5 Å². The second-order valence-electron chi connectivity index (χ2n) is 4.08. The molecule has 112 valence electrons. The molecule has 0 radical (unpaired) electrons. The first-order valence-corrected chi connectivity index (χ1v) is 5.97. The molecule has 2 aromatic rings. The van der Waals surface area contributed by atoms with Gasteiger partial charge in [0.15, 0.2) is 0 Å². The average Bonchev–Trinajstić information content (AvgIpc) is 2.85. The van der Waals surface area contributed by atoms with Crippen molar-refractivity contribution in [1.29, 1.82) is 0 Å². The van der Waals surface area contributed by atoms with Gasteiger partial charge in [-0.2, -0.15) is 13.2 Å². The van der Waals surface area contributed by atoms with E-state index in [-0.39, 0.29) is 17.9 Å². The van der Waals surface area contributed by atoms with Crippen LogP contribution in [0.5, 0.6) is 0 Å². The quantitative estimate of drug-likeness (QED) is 0.627. The van der Waals surface area contributed by atoms with E-state index in [4.69, 9.17) is 4.42 Å².